The van der Waals surface area contributed by atoms with Gasteiger partial charge in [-0.15, -0.1) is 0 Å². The van der Waals surface area contributed by atoms with Crippen molar-refractivity contribution in [3.05, 3.63) is 35.4 Å². The summed E-state index contributed by atoms with van der Waals surface area (Å²) >= 11 is 0. The molecule has 2 rings (SSSR count). The zero-order valence-electron chi connectivity index (χ0n) is 11.0. The van der Waals surface area contributed by atoms with Crippen molar-refractivity contribution in [2.75, 3.05) is 32.8 Å². The third-order valence-corrected chi connectivity index (χ3v) is 3.08. The van der Waals surface area contributed by atoms with Crippen LogP contribution in [-0.4, -0.2) is 49.6 Å². The van der Waals surface area contributed by atoms with Crippen molar-refractivity contribution in [3.8, 4) is 0 Å². The number of ether oxygens (including phenoxy) is 1. The maximum Gasteiger partial charge on any atom is 0.251 e. The van der Waals surface area contributed by atoms with Gasteiger partial charge in [0.2, 0.25) is 5.91 Å². The van der Waals surface area contributed by atoms with Gasteiger partial charge in [-0.05, 0) is 19.1 Å². The van der Waals surface area contributed by atoms with Gasteiger partial charge in [0.15, 0.2) is 0 Å². The van der Waals surface area contributed by atoms with Gasteiger partial charge in [0.05, 0.1) is 19.8 Å². The molecule has 2 amide bonds. The first kappa shape index (κ1) is 13.5. The van der Waals surface area contributed by atoms with E-state index in [-0.39, 0.29) is 18.4 Å². The minimum atomic E-state index is -0.221. The SMILES string of the molecule is Cc1ccc(C(=O)NCC(=O)N2CCOCC2)cc1. The molecule has 0 atom stereocenters. The predicted molar refractivity (Wildman–Crippen MR) is 70.9 cm³/mol. The highest BCUT2D eigenvalue weighted by Gasteiger charge is 2.17. The van der Waals surface area contributed by atoms with E-state index in [4.69, 9.17) is 4.74 Å². The van der Waals surface area contributed by atoms with Crippen LogP contribution in [0.3, 0.4) is 0 Å². The van der Waals surface area contributed by atoms with Crippen LogP contribution in [0.2, 0.25) is 0 Å². The zero-order valence-corrected chi connectivity index (χ0v) is 11.0. The van der Waals surface area contributed by atoms with E-state index in [0.717, 1.165) is 5.56 Å². The van der Waals surface area contributed by atoms with Gasteiger partial charge >= 0.3 is 0 Å². The van der Waals surface area contributed by atoms with Gasteiger partial charge in [0, 0.05) is 18.7 Å². The van der Waals surface area contributed by atoms with Gasteiger partial charge in [-0.2, -0.15) is 0 Å². The van der Waals surface area contributed by atoms with E-state index in [0.29, 0.717) is 31.9 Å². The first-order chi connectivity index (χ1) is 9.16. The normalized spacial score (nSPS) is 15.1. The molecule has 1 saturated heterocycles. The monoisotopic (exact) mass is 262 g/mol. The number of nitrogens with one attached hydrogen (secondary N) is 1. The number of benzene rings is 1. The molecule has 1 heterocycles. The van der Waals surface area contributed by atoms with Gasteiger partial charge in [-0.3, -0.25) is 9.59 Å². The lowest BCUT2D eigenvalue weighted by atomic mass is 10.1. The molecular weight excluding hydrogens is 244 g/mol. The van der Waals surface area contributed by atoms with E-state index < -0.39 is 0 Å². The highest BCUT2D eigenvalue weighted by Crippen LogP contribution is 2.03. The molecule has 0 aliphatic carbocycles. The average Bonchev–Trinajstić information content (AvgIpc) is 2.46. The lowest BCUT2D eigenvalue weighted by Gasteiger charge is -2.26. The Bertz CT molecular complexity index is 450. The van der Waals surface area contributed by atoms with Crippen LogP contribution in [-0.2, 0) is 9.53 Å². The van der Waals surface area contributed by atoms with Crippen LogP contribution in [0.15, 0.2) is 24.3 Å². The standard InChI is InChI=1S/C14H18N2O3/c1-11-2-4-12(5-3-11)14(18)15-10-13(17)16-6-8-19-9-7-16/h2-5H,6-10H2,1H3,(H,15,18). The fourth-order valence-corrected chi connectivity index (χ4v) is 1.89. The van der Waals surface area contributed by atoms with Crippen molar-refractivity contribution in [2.24, 2.45) is 0 Å². The molecule has 0 saturated carbocycles. The molecule has 0 unspecified atom stereocenters. The van der Waals surface area contributed by atoms with Crippen molar-refractivity contribution in [3.63, 3.8) is 0 Å². The predicted octanol–water partition coefficient (Wildman–Crippen LogP) is 0.584. The summed E-state index contributed by atoms with van der Waals surface area (Å²) in [5, 5.41) is 2.64. The number of hydrogen-bond acceptors (Lipinski definition) is 3. The fraction of sp³-hybridized carbons (Fsp3) is 0.429. The van der Waals surface area contributed by atoms with Crippen LogP contribution >= 0.6 is 0 Å². The minimum absolute atomic E-state index is 0.0344. The highest BCUT2D eigenvalue weighted by atomic mass is 16.5. The maximum absolute atomic E-state index is 11.8. The molecule has 1 N–H and O–H groups in total. The summed E-state index contributed by atoms with van der Waals surface area (Å²) in [6.45, 7) is 4.32. The van der Waals surface area contributed by atoms with Gasteiger partial charge in [0.1, 0.15) is 0 Å². The summed E-state index contributed by atoms with van der Waals surface area (Å²) < 4.78 is 5.17. The summed E-state index contributed by atoms with van der Waals surface area (Å²) in [6, 6.07) is 7.26. The Morgan fingerprint density at radius 3 is 2.47 bits per heavy atom. The van der Waals surface area contributed by atoms with Gasteiger partial charge < -0.3 is 15.0 Å². The maximum atomic E-state index is 11.8. The highest BCUT2D eigenvalue weighted by molar-refractivity contribution is 5.96. The Morgan fingerprint density at radius 1 is 1.21 bits per heavy atom. The second-order valence-electron chi connectivity index (χ2n) is 4.54. The molecule has 1 aromatic carbocycles. The first-order valence-corrected chi connectivity index (χ1v) is 6.37. The van der Waals surface area contributed by atoms with Crippen molar-refractivity contribution in [1.29, 1.82) is 0 Å². The molecule has 0 radical (unpaired) electrons. The number of carbonyl (C=O) groups excluding carboxylic acids is 2. The minimum Gasteiger partial charge on any atom is -0.378 e. The van der Waals surface area contributed by atoms with E-state index in [1.54, 1.807) is 17.0 Å². The second kappa shape index (κ2) is 6.33. The fourth-order valence-electron chi connectivity index (χ4n) is 1.89. The van der Waals surface area contributed by atoms with Crippen LogP contribution in [0.5, 0.6) is 0 Å². The van der Waals surface area contributed by atoms with Crippen molar-refractivity contribution >= 4 is 11.8 Å². The van der Waals surface area contributed by atoms with Crippen molar-refractivity contribution in [2.45, 2.75) is 6.92 Å². The smallest absolute Gasteiger partial charge is 0.251 e. The quantitative estimate of drug-likeness (QED) is 0.867. The molecule has 5 nitrogen and oxygen atoms in total. The number of hydrogen-bond donors (Lipinski definition) is 1. The summed E-state index contributed by atoms with van der Waals surface area (Å²) in [4.78, 5) is 25.4. The third-order valence-electron chi connectivity index (χ3n) is 3.08. The van der Waals surface area contributed by atoms with Crippen molar-refractivity contribution in [1.82, 2.24) is 10.2 Å². The van der Waals surface area contributed by atoms with Crippen molar-refractivity contribution < 1.29 is 14.3 Å². The molecule has 102 valence electrons. The van der Waals surface area contributed by atoms with Crippen LogP contribution in [0, 0.1) is 6.92 Å². The Balaban J connectivity index is 1.82. The molecule has 1 fully saturated rings. The van der Waals surface area contributed by atoms with Crippen LogP contribution in [0.4, 0.5) is 0 Å². The van der Waals surface area contributed by atoms with Crippen LogP contribution in [0.1, 0.15) is 15.9 Å². The number of rotatable bonds is 3. The first-order valence-electron chi connectivity index (χ1n) is 6.37. The molecular formula is C14H18N2O3. The Kier molecular flexibility index (Phi) is 4.52. The van der Waals surface area contributed by atoms with E-state index in [1.807, 2.05) is 19.1 Å². The Hall–Kier alpha value is -1.88. The number of aryl methyl sites for hydroxylation is 1. The molecule has 1 aliphatic rings. The number of morpholine rings is 1. The molecule has 19 heavy (non-hydrogen) atoms. The summed E-state index contributed by atoms with van der Waals surface area (Å²) in [5.41, 5.74) is 1.67. The zero-order chi connectivity index (χ0) is 13.7. The van der Waals surface area contributed by atoms with Gasteiger partial charge in [0.25, 0.3) is 5.91 Å². The molecule has 0 aromatic heterocycles. The largest absolute Gasteiger partial charge is 0.378 e. The molecule has 0 bridgehead atoms. The lowest BCUT2D eigenvalue weighted by molar-refractivity contribution is -0.134. The van der Waals surface area contributed by atoms with Gasteiger partial charge in [-0.25, -0.2) is 0 Å². The summed E-state index contributed by atoms with van der Waals surface area (Å²) in [6.07, 6.45) is 0. The van der Waals surface area contributed by atoms with E-state index >= 15 is 0 Å². The van der Waals surface area contributed by atoms with E-state index in [1.165, 1.54) is 0 Å². The molecule has 0 spiro atoms. The third kappa shape index (κ3) is 3.79. The summed E-state index contributed by atoms with van der Waals surface area (Å²) in [7, 11) is 0. The average molecular weight is 262 g/mol. The number of amides is 2. The molecule has 1 aromatic rings. The number of carbonyl (C=O) groups is 2. The topological polar surface area (TPSA) is 58.6 Å². The summed E-state index contributed by atoms with van der Waals surface area (Å²) in [5.74, 6) is -0.287. The molecule has 1 aliphatic heterocycles. The van der Waals surface area contributed by atoms with Gasteiger partial charge in [-0.1, -0.05) is 17.7 Å². The van der Waals surface area contributed by atoms with Crippen LogP contribution < -0.4 is 5.32 Å². The second-order valence-corrected chi connectivity index (χ2v) is 4.54. The van der Waals surface area contributed by atoms with E-state index in [9.17, 15) is 9.59 Å². The Labute approximate surface area is 112 Å². The Morgan fingerprint density at radius 2 is 1.84 bits per heavy atom. The lowest BCUT2D eigenvalue weighted by Crippen LogP contribution is -2.45. The number of nitrogens with zero attached hydrogens (tertiary/aromatic N) is 1. The van der Waals surface area contributed by atoms with E-state index in [2.05, 4.69) is 5.32 Å². The molecule has 5 heteroatoms. The van der Waals surface area contributed by atoms with Crippen LogP contribution in [0.25, 0.3) is 0 Å².